The summed E-state index contributed by atoms with van der Waals surface area (Å²) in [6, 6.07) is 9.74. The second kappa shape index (κ2) is 5.60. The third kappa shape index (κ3) is 2.57. The molecule has 0 saturated heterocycles. The van der Waals surface area contributed by atoms with Crippen molar-refractivity contribution >= 4 is 22.7 Å². The van der Waals surface area contributed by atoms with Gasteiger partial charge in [0.1, 0.15) is 5.52 Å². The highest BCUT2D eigenvalue weighted by molar-refractivity contribution is 5.81. The molecule has 0 bridgehead atoms. The van der Waals surface area contributed by atoms with Crippen molar-refractivity contribution in [1.82, 2.24) is 15.0 Å². The number of nitrogens with zero attached hydrogens (tertiary/aromatic N) is 3. The lowest BCUT2D eigenvalue weighted by Gasteiger charge is -2.10. The van der Waals surface area contributed by atoms with Crippen molar-refractivity contribution in [3.05, 3.63) is 41.6 Å². The van der Waals surface area contributed by atoms with Crippen LogP contribution in [-0.2, 0) is 6.42 Å². The Hall–Kier alpha value is -2.69. The summed E-state index contributed by atoms with van der Waals surface area (Å²) in [6.07, 6.45) is 1.81. The molecule has 22 heavy (non-hydrogen) atoms. The summed E-state index contributed by atoms with van der Waals surface area (Å²) in [6.45, 7) is 4.16. The van der Waals surface area contributed by atoms with Crippen molar-refractivity contribution in [1.29, 1.82) is 0 Å². The molecule has 5 nitrogen and oxygen atoms in total. The third-order valence-electron chi connectivity index (χ3n) is 3.66. The second-order valence-electron chi connectivity index (χ2n) is 5.42. The van der Waals surface area contributed by atoms with Crippen molar-refractivity contribution in [3.8, 4) is 11.3 Å². The van der Waals surface area contributed by atoms with E-state index in [9.17, 15) is 0 Å². The standard InChI is InChI=1S/C17H19N5/c1-3-4-14-16-15(22-17(19)21-14)8-7-13(20-16)12-9-11(18)6-5-10(12)2/h5-9H,3-4,18H2,1-2H3,(H2,19,21,22). The molecule has 0 aliphatic rings. The minimum Gasteiger partial charge on any atom is -0.399 e. The average molecular weight is 293 g/mol. The molecule has 112 valence electrons. The Kier molecular flexibility index (Phi) is 3.63. The molecule has 0 fully saturated rings. The van der Waals surface area contributed by atoms with Crippen molar-refractivity contribution < 1.29 is 0 Å². The summed E-state index contributed by atoms with van der Waals surface area (Å²) in [4.78, 5) is 13.4. The van der Waals surface area contributed by atoms with Crippen LogP contribution < -0.4 is 11.5 Å². The second-order valence-corrected chi connectivity index (χ2v) is 5.42. The normalized spacial score (nSPS) is 11.0. The number of benzene rings is 1. The van der Waals surface area contributed by atoms with Crippen molar-refractivity contribution in [2.24, 2.45) is 0 Å². The smallest absolute Gasteiger partial charge is 0.220 e. The van der Waals surface area contributed by atoms with E-state index >= 15 is 0 Å². The molecule has 0 spiro atoms. The summed E-state index contributed by atoms with van der Waals surface area (Å²) in [7, 11) is 0. The van der Waals surface area contributed by atoms with Gasteiger partial charge in [0.05, 0.1) is 16.9 Å². The molecular weight excluding hydrogens is 274 g/mol. The van der Waals surface area contributed by atoms with Crippen LogP contribution in [0.25, 0.3) is 22.3 Å². The molecule has 2 aromatic heterocycles. The Morgan fingerprint density at radius 2 is 1.82 bits per heavy atom. The molecule has 0 amide bonds. The molecule has 0 radical (unpaired) electrons. The topological polar surface area (TPSA) is 90.7 Å². The highest BCUT2D eigenvalue weighted by Crippen LogP contribution is 2.26. The fourth-order valence-corrected chi connectivity index (χ4v) is 2.57. The number of nitrogens with two attached hydrogens (primary N) is 2. The lowest BCUT2D eigenvalue weighted by Crippen LogP contribution is -2.03. The van der Waals surface area contributed by atoms with Crippen LogP contribution in [-0.4, -0.2) is 15.0 Å². The zero-order valence-electron chi connectivity index (χ0n) is 12.8. The van der Waals surface area contributed by atoms with E-state index in [0.29, 0.717) is 5.95 Å². The van der Waals surface area contributed by atoms with Gasteiger partial charge in [-0.15, -0.1) is 0 Å². The molecule has 3 aromatic rings. The van der Waals surface area contributed by atoms with Gasteiger partial charge in [-0.05, 0) is 43.2 Å². The maximum absolute atomic E-state index is 5.91. The van der Waals surface area contributed by atoms with Crippen LogP contribution >= 0.6 is 0 Å². The Bertz CT molecular complexity index is 842. The Morgan fingerprint density at radius 1 is 1.00 bits per heavy atom. The van der Waals surface area contributed by atoms with Gasteiger partial charge in [0.15, 0.2) is 0 Å². The van der Waals surface area contributed by atoms with E-state index in [4.69, 9.17) is 16.5 Å². The van der Waals surface area contributed by atoms with Gasteiger partial charge in [-0.1, -0.05) is 19.4 Å². The zero-order valence-corrected chi connectivity index (χ0v) is 12.8. The van der Waals surface area contributed by atoms with Gasteiger partial charge >= 0.3 is 0 Å². The fraction of sp³-hybridized carbons (Fsp3) is 0.235. The predicted molar refractivity (Wildman–Crippen MR) is 90.3 cm³/mol. The maximum Gasteiger partial charge on any atom is 0.220 e. The summed E-state index contributed by atoms with van der Waals surface area (Å²) in [5, 5.41) is 0. The van der Waals surface area contributed by atoms with Crippen molar-refractivity contribution in [3.63, 3.8) is 0 Å². The van der Waals surface area contributed by atoms with Gasteiger partial charge < -0.3 is 11.5 Å². The van der Waals surface area contributed by atoms with Gasteiger partial charge in [0.25, 0.3) is 0 Å². The largest absolute Gasteiger partial charge is 0.399 e. The van der Waals surface area contributed by atoms with Gasteiger partial charge in [-0.3, -0.25) is 0 Å². The highest BCUT2D eigenvalue weighted by atomic mass is 15.0. The van der Waals surface area contributed by atoms with Crippen molar-refractivity contribution in [2.45, 2.75) is 26.7 Å². The van der Waals surface area contributed by atoms with Crippen molar-refractivity contribution in [2.75, 3.05) is 11.5 Å². The zero-order chi connectivity index (χ0) is 15.7. The first-order chi connectivity index (χ1) is 10.6. The van der Waals surface area contributed by atoms with Crippen LogP contribution in [0.15, 0.2) is 30.3 Å². The molecule has 0 saturated carbocycles. The lowest BCUT2D eigenvalue weighted by atomic mass is 10.0. The van der Waals surface area contributed by atoms with E-state index in [1.807, 2.05) is 37.3 Å². The van der Waals surface area contributed by atoms with Gasteiger partial charge in [-0.25, -0.2) is 15.0 Å². The summed E-state index contributed by atoms with van der Waals surface area (Å²) >= 11 is 0. The molecule has 5 heteroatoms. The van der Waals surface area contributed by atoms with Crippen LogP contribution in [0.5, 0.6) is 0 Å². The SMILES string of the molecule is CCCc1nc(N)nc2ccc(-c3cc(N)ccc3C)nc12. The molecule has 0 unspecified atom stereocenters. The maximum atomic E-state index is 5.91. The number of aryl methyl sites for hydroxylation is 2. The van der Waals surface area contributed by atoms with Gasteiger partial charge in [0.2, 0.25) is 5.95 Å². The van der Waals surface area contributed by atoms with E-state index in [2.05, 4.69) is 16.9 Å². The number of fused-ring (bicyclic) bond motifs is 1. The molecule has 2 heterocycles. The molecule has 4 N–H and O–H groups in total. The average Bonchev–Trinajstić information content (AvgIpc) is 2.49. The van der Waals surface area contributed by atoms with Crippen LogP contribution in [0.3, 0.4) is 0 Å². The first-order valence-electron chi connectivity index (χ1n) is 7.38. The van der Waals surface area contributed by atoms with Gasteiger partial charge in [0, 0.05) is 11.3 Å². The number of anilines is 2. The van der Waals surface area contributed by atoms with Crippen LogP contribution in [0.2, 0.25) is 0 Å². The van der Waals surface area contributed by atoms with Crippen LogP contribution in [0, 0.1) is 6.92 Å². The number of nitrogen functional groups attached to an aromatic ring is 2. The minimum absolute atomic E-state index is 0.297. The van der Waals surface area contributed by atoms with Crippen LogP contribution in [0.4, 0.5) is 11.6 Å². The number of hydrogen-bond acceptors (Lipinski definition) is 5. The summed E-state index contributed by atoms with van der Waals surface area (Å²) in [5.74, 6) is 0.297. The molecule has 0 aliphatic carbocycles. The summed E-state index contributed by atoms with van der Waals surface area (Å²) in [5.41, 5.74) is 17.9. The monoisotopic (exact) mass is 293 g/mol. The molecule has 1 aromatic carbocycles. The first kappa shape index (κ1) is 14.3. The molecule has 0 aliphatic heterocycles. The Balaban J connectivity index is 2.22. The van der Waals surface area contributed by atoms with Crippen LogP contribution in [0.1, 0.15) is 24.6 Å². The number of aromatic nitrogens is 3. The van der Waals surface area contributed by atoms with Gasteiger partial charge in [-0.2, -0.15) is 0 Å². The molecular formula is C17H19N5. The fourth-order valence-electron chi connectivity index (χ4n) is 2.57. The highest BCUT2D eigenvalue weighted by Gasteiger charge is 2.10. The number of rotatable bonds is 3. The van der Waals surface area contributed by atoms with E-state index in [-0.39, 0.29) is 0 Å². The Morgan fingerprint density at radius 3 is 2.59 bits per heavy atom. The summed E-state index contributed by atoms with van der Waals surface area (Å²) < 4.78 is 0. The lowest BCUT2D eigenvalue weighted by molar-refractivity contribution is 0.885. The molecule has 3 rings (SSSR count). The predicted octanol–water partition coefficient (Wildman–Crippen LogP) is 3.12. The number of pyridine rings is 1. The van der Waals surface area contributed by atoms with E-state index < -0.39 is 0 Å². The first-order valence-corrected chi connectivity index (χ1v) is 7.38. The molecule has 0 atom stereocenters. The number of hydrogen-bond donors (Lipinski definition) is 2. The third-order valence-corrected chi connectivity index (χ3v) is 3.66. The quantitative estimate of drug-likeness (QED) is 0.724. The Labute approximate surface area is 129 Å². The van der Waals surface area contributed by atoms with E-state index in [1.54, 1.807) is 0 Å². The van der Waals surface area contributed by atoms with E-state index in [0.717, 1.165) is 52.1 Å². The van der Waals surface area contributed by atoms with E-state index in [1.165, 1.54) is 0 Å². The minimum atomic E-state index is 0.297.